The van der Waals surface area contributed by atoms with Crippen LogP contribution in [0.25, 0.3) is 0 Å². The number of fused-ring (bicyclic) bond motifs is 5. The van der Waals surface area contributed by atoms with Crippen LogP contribution in [-0.4, -0.2) is 44.3 Å². The van der Waals surface area contributed by atoms with Crippen LogP contribution in [0.4, 0.5) is 0 Å². The smallest absolute Gasteiger partial charge is 0.0654 e. The quantitative estimate of drug-likeness (QED) is 0.439. The Kier molecular flexibility index (Phi) is 6.47. The lowest BCUT2D eigenvalue weighted by Gasteiger charge is -2.67. The van der Waals surface area contributed by atoms with E-state index in [-0.39, 0.29) is 40.1 Å². The van der Waals surface area contributed by atoms with Gasteiger partial charge in [-0.25, -0.2) is 0 Å². The normalized spacial score (nSPS) is 50.5. The Hall–Kier alpha value is -0.420. The molecular formula is C29H50O4. The van der Waals surface area contributed by atoms with Gasteiger partial charge in [0.1, 0.15) is 0 Å². The zero-order valence-corrected chi connectivity index (χ0v) is 22.1. The average Bonchev–Trinajstić information content (AvgIpc) is 3.06. The number of rotatable bonds is 4. The molecule has 4 saturated carbocycles. The van der Waals surface area contributed by atoms with Gasteiger partial charge in [-0.2, -0.15) is 0 Å². The maximum atomic E-state index is 11.6. The van der Waals surface area contributed by atoms with Crippen molar-refractivity contribution in [1.29, 1.82) is 0 Å². The number of aliphatic hydroxyl groups is 4. The van der Waals surface area contributed by atoms with Gasteiger partial charge in [0.15, 0.2) is 0 Å². The van der Waals surface area contributed by atoms with Crippen molar-refractivity contribution in [2.24, 2.45) is 45.8 Å². The Morgan fingerprint density at radius 2 is 1.48 bits per heavy atom. The molecule has 11 atom stereocenters. The Balaban J connectivity index is 1.64. The largest absolute Gasteiger partial charge is 0.393 e. The Morgan fingerprint density at radius 1 is 0.909 bits per heavy atom. The molecular weight excluding hydrogens is 412 g/mol. The van der Waals surface area contributed by atoms with Gasteiger partial charge >= 0.3 is 0 Å². The minimum absolute atomic E-state index is 0.0479. The lowest BCUT2D eigenvalue weighted by Crippen LogP contribution is -2.66. The average molecular weight is 463 g/mol. The van der Waals surface area contributed by atoms with Gasteiger partial charge in [0, 0.05) is 0 Å². The van der Waals surface area contributed by atoms with Crippen LogP contribution >= 0.6 is 0 Å². The third kappa shape index (κ3) is 3.86. The first-order chi connectivity index (χ1) is 15.2. The first-order valence-electron chi connectivity index (χ1n) is 13.6. The molecule has 4 N–H and O–H groups in total. The standard InChI is InChI=1S/C29H50O4/c1-17(2)9-8-12-29(7,33)18-10-13-27(5)19-16-22(31)25-26(3,4)23(32)11-14-28(25,6)20(19)15-21(30)24(18)27/h9,18-25,30-33H,8,10-16H2,1-7H3/t18-,19+,20-,21+,22-,23-,24-,25?,27+,28+,29-/m0/s1. The van der Waals surface area contributed by atoms with E-state index < -0.39 is 17.8 Å². The van der Waals surface area contributed by atoms with Crippen molar-refractivity contribution in [2.45, 2.75) is 124 Å². The van der Waals surface area contributed by atoms with E-state index in [1.165, 1.54) is 5.57 Å². The van der Waals surface area contributed by atoms with Crippen molar-refractivity contribution >= 4 is 0 Å². The molecule has 0 spiro atoms. The Morgan fingerprint density at radius 3 is 2.12 bits per heavy atom. The van der Waals surface area contributed by atoms with Crippen LogP contribution in [0.1, 0.15) is 99.8 Å². The maximum absolute atomic E-state index is 11.6. The molecule has 190 valence electrons. The summed E-state index contributed by atoms with van der Waals surface area (Å²) in [6.45, 7) is 15.1. The summed E-state index contributed by atoms with van der Waals surface area (Å²) in [6, 6.07) is 0. The van der Waals surface area contributed by atoms with Crippen molar-refractivity contribution in [2.75, 3.05) is 0 Å². The molecule has 4 rings (SSSR count). The molecule has 4 aliphatic carbocycles. The van der Waals surface area contributed by atoms with E-state index in [1.807, 2.05) is 6.92 Å². The molecule has 0 aromatic carbocycles. The van der Waals surface area contributed by atoms with Gasteiger partial charge in [-0.1, -0.05) is 39.3 Å². The molecule has 4 fully saturated rings. The molecule has 0 aromatic heterocycles. The molecule has 0 radical (unpaired) electrons. The van der Waals surface area contributed by atoms with E-state index in [1.54, 1.807) is 0 Å². The van der Waals surface area contributed by atoms with Gasteiger partial charge in [0.2, 0.25) is 0 Å². The fourth-order valence-electron chi connectivity index (χ4n) is 9.92. The summed E-state index contributed by atoms with van der Waals surface area (Å²) in [4.78, 5) is 0. The van der Waals surface area contributed by atoms with E-state index in [0.29, 0.717) is 11.8 Å². The van der Waals surface area contributed by atoms with Gasteiger partial charge in [-0.15, -0.1) is 0 Å². The van der Waals surface area contributed by atoms with Gasteiger partial charge in [-0.05, 0) is 118 Å². The number of hydrogen-bond donors (Lipinski definition) is 4. The highest BCUT2D eigenvalue weighted by Crippen LogP contribution is 2.71. The monoisotopic (exact) mass is 462 g/mol. The van der Waals surface area contributed by atoms with Crippen molar-refractivity contribution in [3.8, 4) is 0 Å². The second kappa shape index (κ2) is 8.32. The summed E-state index contributed by atoms with van der Waals surface area (Å²) in [5, 5.41) is 45.5. The van der Waals surface area contributed by atoms with Crippen LogP contribution in [0.3, 0.4) is 0 Å². The van der Waals surface area contributed by atoms with Gasteiger partial charge in [-0.3, -0.25) is 0 Å². The van der Waals surface area contributed by atoms with E-state index in [0.717, 1.165) is 51.4 Å². The zero-order chi connectivity index (χ0) is 24.6. The molecule has 4 nitrogen and oxygen atoms in total. The van der Waals surface area contributed by atoms with Crippen LogP contribution in [0.5, 0.6) is 0 Å². The number of allylic oxidation sites excluding steroid dienone is 2. The summed E-state index contributed by atoms with van der Waals surface area (Å²) in [7, 11) is 0. The Bertz CT molecular complexity index is 768. The Labute approximate surface area is 201 Å². The molecule has 0 amide bonds. The fraction of sp³-hybridized carbons (Fsp3) is 0.931. The van der Waals surface area contributed by atoms with Crippen LogP contribution in [0, 0.1) is 45.8 Å². The molecule has 1 unspecified atom stereocenters. The third-order valence-electron chi connectivity index (χ3n) is 11.5. The first-order valence-corrected chi connectivity index (χ1v) is 13.6. The van der Waals surface area contributed by atoms with E-state index >= 15 is 0 Å². The lowest BCUT2D eigenvalue weighted by molar-refractivity contribution is -0.241. The van der Waals surface area contributed by atoms with Crippen molar-refractivity contribution < 1.29 is 20.4 Å². The maximum Gasteiger partial charge on any atom is 0.0654 e. The van der Waals surface area contributed by atoms with Crippen LogP contribution in [0.15, 0.2) is 11.6 Å². The number of aliphatic hydroxyl groups excluding tert-OH is 3. The third-order valence-corrected chi connectivity index (χ3v) is 11.5. The van der Waals surface area contributed by atoms with E-state index in [2.05, 4.69) is 47.6 Å². The second-order valence-corrected chi connectivity index (χ2v) is 14.0. The minimum Gasteiger partial charge on any atom is -0.393 e. The molecule has 4 heteroatoms. The van der Waals surface area contributed by atoms with Crippen LogP contribution < -0.4 is 0 Å². The summed E-state index contributed by atoms with van der Waals surface area (Å²) in [5.41, 5.74) is 0.0144. The highest BCUT2D eigenvalue weighted by Gasteiger charge is 2.68. The van der Waals surface area contributed by atoms with Gasteiger partial charge < -0.3 is 20.4 Å². The van der Waals surface area contributed by atoms with Crippen LogP contribution in [0.2, 0.25) is 0 Å². The SMILES string of the molecule is CC(C)=CCC[C@](C)(O)[C@H]1CC[C@@]2(C)[C@@H]1[C@H](O)C[C@H]1[C@H]2C[C@H](O)C2C(C)(C)[C@@H](O)CC[C@@]21C. The second-order valence-electron chi connectivity index (χ2n) is 14.0. The van der Waals surface area contributed by atoms with E-state index in [4.69, 9.17) is 0 Å². The summed E-state index contributed by atoms with van der Waals surface area (Å²) < 4.78 is 0. The minimum atomic E-state index is -0.793. The van der Waals surface area contributed by atoms with Gasteiger partial charge in [0.05, 0.1) is 23.9 Å². The van der Waals surface area contributed by atoms with Gasteiger partial charge in [0.25, 0.3) is 0 Å². The molecule has 0 heterocycles. The highest BCUT2D eigenvalue weighted by atomic mass is 16.3. The molecule has 0 bridgehead atoms. The molecule has 0 aromatic rings. The summed E-state index contributed by atoms with van der Waals surface area (Å²) in [5.74, 6) is 0.924. The van der Waals surface area contributed by atoms with Crippen LogP contribution in [-0.2, 0) is 0 Å². The lowest BCUT2D eigenvalue weighted by atomic mass is 9.39. The predicted molar refractivity (Wildman–Crippen MR) is 132 cm³/mol. The molecule has 0 saturated heterocycles. The summed E-state index contributed by atoms with van der Waals surface area (Å²) in [6.07, 6.45) is 7.74. The van der Waals surface area contributed by atoms with Crippen molar-refractivity contribution in [3.05, 3.63) is 11.6 Å². The van der Waals surface area contributed by atoms with Crippen molar-refractivity contribution in [1.82, 2.24) is 0 Å². The number of hydrogen-bond acceptors (Lipinski definition) is 4. The molecule has 0 aliphatic heterocycles. The molecule has 4 aliphatic rings. The summed E-state index contributed by atoms with van der Waals surface area (Å²) >= 11 is 0. The first kappa shape index (κ1) is 25.7. The topological polar surface area (TPSA) is 80.9 Å². The fourth-order valence-corrected chi connectivity index (χ4v) is 9.92. The van der Waals surface area contributed by atoms with Crippen molar-refractivity contribution in [3.63, 3.8) is 0 Å². The highest BCUT2D eigenvalue weighted by molar-refractivity contribution is 5.17. The predicted octanol–water partition coefficient (Wildman–Crippen LogP) is 5.08. The molecule has 33 heavy (non-hydrogen) atoms. The van der Waals surface area contributed by atoms with E-state index in [9.17, 15) is 20.4 Å². The zero-order valence-electron chi connectivity index (χ0n) is 22.1.